The Kier molecular flexibility index (Phi) is 39.8. The van der Waals surface area contributed by atoms with Crippen LogP contribution in [0.3, 0.4) is 0 Å². The van der Waals surface area contributed by atoms with Crippen LogP contribution in [0.15, 0.2) is 128 Å². The van der Waals surface area contributed by atoms with Crippen molar-refractivity contribution in [3.63, 3.8) is 0 Å². The van der Waals surface area contributed by atoms with E-state index in [4.69, 9.17) is 23.3 Å². The smallest absolute Gasteiger partial charge is 0.276 e. The van der Waals surface area contributed by atoms with Crippen molar-refractivity contribution in [3.05, 3.63) is 128 Å². The fourth-order valence-corrected chi connectivity index (χ4v) is 12.2. The summed E-state index contributed by atoms with van der Waals surface area (Å²) in [7, 11) is -11.3. The molecule has 2 saturated heterocycles. The van der Waals surface area contributed by atoms with Gasteiger partial charge in [-0.05, 0) is 218 Å². The maximum absolute atomic E-state index is 13.0. The van der Waals surface area contributed by atoms with Crippen molar-refractivity contribution in [2.45, 2.75) is 287 Å². The highest BCUT2D eigenvalue weighted by Crippen LogP contribution is 2.57. The van der Waals surface area contributed by atoms with Gasteiger partial charge in [0.2, 0.25) is 5.91 Å². The largest absolute Gasteiger partial charge is 0.756 e. The van der Waals surface area contributed by atoms with E-state index in [0.29, 0.717) is 12.8 Å². The van der Waals surface area contributed by atoms with Gasteiger partial charge in [0, 0.05) is 6.92 Å². The predicted octanol–water partition coefficient (Wildman–Crippen LogP) is 13.2. The molecule has 0 spiro atoms. The molecule has 0 aromatic heterocycles. The summed E-state index contributed by atoms with van der Waals surface area (Å²) in [5.41, 5.74) is 19.1. The van der Waals surface area contributed by atoms with Crippen LogP contribution in [-0.4, -0.2) is 101 Å². The normalized spacial score (nSPS) is 25.8. The molecule has 2 fully saturated rings. The fraction of sp³-hybridized carbons (Fsp3) is 0.667. The van der Waals surface area contributed by atoms with Crippen molar-refractivity contribution in [3.8, 4) is 0 Å². The summed E-state index contributed by atoms with van der Waals surface area (Å²) >= 11 is 0. The van der Waals surface area contributed by atoms with E-state index in [0.717, 1.165) is 122 Å². The van der Waals surface area contributed by atoms with Crippen LogP contribution in [0.4, 0.5) is 0 Å². The number of hydrogen-bond acceptors (Lipinski definition) is 15. The number of aliphatic hydroxyl groups is 4. The summed E-state index contributed by atoms with van der Waals surface area (Å²) in [6.45, 7) is 27.6. The molecular formula is C69H115N2O15P2-. The maximum Gasteiger partial charge on any atom is 0.276 e. The van der Waals surface area contributed by atoms with Crippen LogP contribution in [0.2, 0.25) is 0 Å². The maximum atomic E-state index is 13.0. The monoisotopic (exact) mass is 1270 g/mol. The average Bonchev–Trinajstić information content (AvgIpc) is 1.15. The van der Waals surface area contributed by atoms with E-state index in [1.807, 2.05) is 0 Å². The van der Waals surface area contributed by atoms with Crippen LogP contribution in [-0.2, 0) is 41.5 Å². The van der Waals surface area contributed by atoms with Gasteiger partial charge in [-0.1, -0.05) is 128 Å². The van der Waals surface area contributed by atoms with E-state index in [2.05, 4.69) is 152 Å². The number of allylic oxidation sites excluding steroid dienone is 21. The van der Waals surface area contributed by atoms with Gasteiger partial charge < -0.3 is 60.0 Å². The Morgan fingerprint density at radius 1 is 0.489 bits per heavy atom. The van der Waals surface area contributed by atoms with E-state index in [1.165, 1.54) is 75.2 Å². The Hall–Kier alpha value is -3.45. The summed E-state index contributed by atoms with van der Waals surface area (Å²) in [5.74, 6) is -0.712. The van der Waals surface area contributed by atoms with Gasteiger partial charge in [-0.2, -0.15) is 0 Å². The van der Waals surface area contributed by atoms with Gasteiger partial charge in [0.1, 0.15) is 48.7 Å². The lowest BCUT2D eigenvalue weighted by atomic mass is 9.94. The molecular weight excluding hydrogens is 1160 g/mol. The van der Waals surface area contributed by atoms with Gasteiger partial charge in [0.15, 0.2) is 12.6 Å². The molecule has 12 atom stereocenters. The molecule has 17 nitrogen and oxygen atoms in total. The molecule has 19 heteroatoms. The summed E-state index contributed by atoms with van der Waals surface area (Å²) in [6.07, 6.45) is 33.4. The van der Waals surface area contributed by atoms with E-state index in [1.54, 1.807) is 6.92 Å². The molecule has 88 heavy (non-hydrogen) atoms. The Morgan fingerprint density at radius 3 is 1.14 bits per heavy atom. The molecule has 0 radical (unpaired) electrons. The van der Waals surface area contributed by atoms with Crippen LogP contribution in [0.5, 0.6) is 0 Å². The van der Waals surface area contributed by atoms with Crippen molar-refractivity contribution >= 4 is 21.6 Å². The minimum atomic E-state index is -5.80. The Bertz CT molecular complexity index is 2570. The van der Waals surface area contributed by atoms with Crippen molar-refractivity contribution in [2.24, 2.45) is 0 Å². The van der Waals surface area contributed by atoms with Gasteiger partial charge in [-0.25, -0.2) is 4.31 Å². The molecule has 2 rings (SSSR count). The van der Waals surface area contributed by atoms with Gasteiger partial charge in [-0.3, -0.25) is 18.4 Å². The number of carbonyl (C=O) groups is 1. The molecule has 2 unspecified atom stereocenters. The van der Waals surface area contributed by atoms with E-state index in [-0.39, 0.29) is 0 Å². The van der Waals surface area contributed by atoms with Crippen LogP contribution < -0.4 is 20.8 Å². The van der Waals surface area contributed by atoms with Crippen molar-refractivity contribution < 1.29 is 77.4 Å². The number of phosphoric ester groups is 2. The fourth-order valence-electron chi connectivity index (χ4n) is 10.2. The lowest BCUT2D eigenvalue weighted by Crippen LogP contribution is -2.80. The Morgan fingerprint density at radius 2 is 0.818 bits per heavy atom. The highest BCUT2D eigenvalue weighted by atomic mass is 31.3. The Balaban J connectivity index is 1.68. The second-order valence-corrected chi connectivity index (χ2v) is 27.9. The number of carbonyl (C=O) groups excluding carboxylic acids is 1. The first kappa shape index (κ1) is 80.6. The second kappa shape index (κ2) is 43.4. The number of hydrogen-bond donors (Lipinski definition) is 6. The van der Waals surface area contributed by atoms with Crippen molar-refractivity contribution in [2.75, 3.05) is 13.2 Å². The summed E-state index contributed by atoms with van der Waals surface area (Å²) in [5, 5.41) is 43.1. The van der Waals surface area contributed by atoms with E-state index in [9.17, 15) is 44.1 Å². The van der Waals surface area contributed by atoms with E-state index >= 15 is 0 Å². The van der Waals surface area contributed by atoms with Crippen LogP contribution in [0.25, 0.3) is 0 Å². The number of phosphoric acid groups is 2. The molecule has 1 amide bonds. The standard InChI is InChI=1S/C69H116N2O15P2/c1-48(2)25-15-26-49(3)27-16-28-50(4)29-17-30-51(5)31-18-32-52(6)33-19-34-53(7)35-20-36-54(8)37-21-38-55(9)39-22-40-56(10)41-23-42-57(11)43-24-44-58(12)45-46-81-87(77,78)86-88(79,80)85-68-63(71-60(14)73)67(62(70)59(13)82-68)84-69-66(76)65(75)64(74)61(47-72)83-69/h25,27,29,31,33,35,37,39,41,43,45,59,61-69,72,74-76H,15-24,26,28,30,32,34,36,38,40,42,44,46-47,70H2,1-14H3,(H,71,73)(H,77,78)(H,79,80)/p-1/b49-27+,50-29+,51-31-,52-33-,53-35-,54-37-,55-39-,56-41-,57-43-,58-45-/t59-,61-,62+,63-,64-,65+,66-,67+,68+,69+/m1/s1. The van der Waals surface area contributed by atoms with Crippen LogP contribution in [0.1, 0.15) is 225 Å². The molecule has 2 aliphatic rings. The van der Waals surface area contributed by atoms with Crippen LogP contribution in [0, 0.1) is 0 Å². The van der Waals surface area contributed by atoms with Crippen LogP contribution >= 0.6 is 15.6 Å². The third-order valence-corrected chi connectivity index (χ3v) is 18.5. The molecule has 0 saturated carbocycles. The molecule has 0 aromatic carbocycles. The average molecular weight is 1270 g/mol. The number of aliphatic hydroxyl groups excluding tert-OH is 4. The highest BCUT2D eigenvalue weighted by Gasteiger charge is 2.52. The van der Waals surface area contributed by atoms with Crippen molar-refractivity contribution in [1.82, 2.24) is 5.32 Å². The molecule has 0 bridgehead atoms. The van der Waals surface area contributed by atoms with Gasteiger partial charge in [0.05, 0.1) is 13.2 Å². The third kappa shape index (κ3) is 35.4. The number of nitrogens with one attached hydrogen (secondary N) is 1. The quantitative estimate of drug-likeness (QED) is 0.0245. The highest BCUT2D eigenvalue weighted by molar-refractivity contribution is 7.59. The first-order chi connectivity index (χ1) is 41.4. The lowest BCUT2D eigenvalue weighted by Gasteiger charge is -2.47. The molecule has 0 aromatic rings. The molecule has 2 heterocycles. The number of rotatable bonds is 41. The van der Waals surface area contributed by atoms with Gasteiger partial charge in [0.25, 0.3) is 15.6 Å². The minimum Gasteiger partial charge on any atom is -0.756 e. The molecule has 0 aliphatic carbocycles. The van der Waals surface area contributed by atoms with E-state index < -0.39 is 96.1 Å². The first-order valence-corrected chi connectivity index (χ1v) is 34.9. The van der Waals surface area contributed by atoms with Gasteiger partial charge >= 0.3 is 0 Å². The predicted molar refractivity (Wildman–Crippen MR) is 350 cm³/mol. The topological polar surface area (TPSA) is 273 Å². The summed E-state index contributed by atoms with van der Waals surface area (Å²) in [4.78, 5) is 37.9. The molecule has 8 N–H and O–H groups in total. The third-order valence-electron chi connectivity index (χ3n) is 16.0. The zero-order chi connectivity index (χ0) is 66.0. The number of quaternary nitrogens is 1. The first-order valence-electron chi connectivity index (χ1n) is 32.0. The lowest BCUT2D eigenvalue weighted by molar-refractivity contribution is -0.487. The molecule has 2 aliphatic heterocycles. The second-order valence-electron chi connectivity index (χ2n) is 24.9. The molecule has 502 valence electrons. The SMILES string of the molecule is CC(=O)N[C@H]1[C@H](OP(=O)([O-])OP(=O)([O-])OC/C=C(/C)CC/C=C(/C)CC/C=C(/C)CC/C=C(/C)CC/C=C(/C)CC/C=C(/C)CC/C=C(/C)CC/C=C(/C)CC/C=C(\C)CC/C=C(\C)CCC=C(C)C)O[C@H](C)[C@H]([NH3+])[C@@H]1O[C@@H]1O[C@H](CO)[C@@H](O)[C@H](O)[C@H]1O. The zero-order valence-corrected chi connectivity index (χ0v) is 57.9. The number of ether oxygens (including phenoxy) is 3. The van der Waals surface area contributed by atoms with Crippen molar-refractivity contribution in [1.29, 1.82) is 0 Å². The number of amides is 1. The Labute approximate surface area is 530 Å². The summed E-state index contributed by atoms with van der Waals surface area (Å²) < 4.78 is 56.8. The van der Waals surface area contributed by atoms with Gasteiger partial charge in [-0.15, -0.1) is 0 Å². The zero-order valence-electron chi connectivity index (χ0n) is 56.1. The summed E-state index contributed by atoms with van der Waals surface area (Å²) in [6, 6.07) is -2.44. The minimum absolute atomic E-state index is 0.513.